The number of H-pyrrole nitrogens is 1. The number of benzene rings is 2. The van der Waals surface area contributed by atoms with Crippen molar-refractivity contribution in [3.8, 4) is 22.5 Å². The summed E-state index contributed by atoms with van der Waals surface area (Å²) in [7, 11) is 2.98. The van der Waals surface area contributed by atoms with E-state index in [1.807, 2.05) is 19.1 Å². The van der Waals surface area contributed by atoms with Crippen LogP contribution in [0.4, 0.5) is 15.9 Å². The maximum Gasteiger partial charge on any atom is 0.279 e. The van der Waals surface area contributed by atoms with Gasteiger partial charge in [0.25, 0.3) is 5.91 Å². The number of rotatable bonds is 5. The molecule has 1 saturated heterocycles. The molecule has 4 aromatic rings. The number of pyridine rings is 1. The predicted octanol–water partition coefficient (Wildman–Crippen LogP) is 3.88. The van der Waals surface area contributed by atoms with Crippen LogP contribution < -0.4 is 16.4 Å². The van der Waals surface area contributed by atoms with Crippen molar-refractivity contribution in [1.29, 1.82) is 0 Å². The molecular formula is C27H30FN7O2. The van der Waals surface area contributed by atoms with Gasteiger partial charge in [0.2, 0.25) is 0 Å². The molecule has 0 saturated carbocycles. The van der Waals surface area contributed by atoms with Crippen LogP contribution in [0.25, 0.3) is 33.5 Å². The summed E-state index contributed by atoms with van der Waals surface area (Å²) in [5, 5.41) is 1.15. The quantitative estimate of drug-likeness (QED) is 0.353. The molecular weight excluding hydrogens is 473 g/mol. The third-order valence-electron chi connectivity index (χ3n) is 6.83. The Morgan fingerprint density at radius 1 is 1.24 bits per heavy atom. The van der Waals surface area contributed by atoms with E-state index in [9.17, 15) is 9.18 Å². The standard InChI is InChI=1S/C27H30FN7O2/c1-15-11-16(13-17(28)12-15)20-14-31-25(30)22(24(20)35-9-7-18(29)8-10-35)26-32-21-6-4-5-19(23(21)33-26)27(36)34(2)37-3/h4-6,11-14,18H,7-10,29H2,1-3H3,(H2,30,31)(H,32,33). The van der Waals surface area contributed by atoms with Crippen molar-refractivity contribution in [2.75, 3.05) is 37.9 Å². The summed E-state index contributed by atoms with van der Waals surface area (Å²) >= 11 is 0. The number of fused-ring (bicyclic) bond motifs is 1. The van der Waals surface area contributed by atoms with E-state index in [1.165, 1.54) is 19.2 Å². The second kappa shape index (κ2) is 9.79. The number of carbonyl (C=O) groups is 1. The lowest BCUT2D eigenvalue weighted by molar-refractivity contribution is -0.0755. The van der Waals surface area contributed by atoms with Gasteiger partial charge in [-0.3, -0.25) is 9.63 Å². The highest BCUT2D eigenvalue weighted by atomic mass is 19.1. The number of hydrogen-bond acceptors (Lipinski definition) is 7. The number of aromatic amines is 1. The average molecular weight is 504 g/mol. The number of amides is 1. The first-order valence-corrected chi connectivity index (χ1v) is 12.1. The molecule has 0 radical (unpaired) electrons. The summed E-state index contributed by atoms with van der Waals surface area (Å²) in [5.74, 6) is 0.112. The highest BCUT2D eigenvalue weighted by Gasteiger charge is 2.27. The van der Waals surface area contributed by atoms with Gasteiger partial charge in [-0.1, -0.05) is 12.1 Å². The molecule has 1 amide bonds. The third kappa shape index (κ3) is 4.61. The van der Waals surface area contributed by atoms with Crippen LogP contribution in [0.2, 0.25) is 0 Å². The molecule has 0 atom stereocenters. The summed E-state index contributed by atoms with van der Waals surface area (Å²) < 4.78 is 14.5. The van der Waals surface area contributed by atoms with Crippen LogP contribution in [0.1, 0.15) is 28.8 Å². The molecule has 10 heteroatoms. The van der Waals surface area contributed by atoms with Crippen molar-refractivity contribution in [3.05, 3.63) is 59.5 Å². The minimum Gasteiger partial charge on any atom is -0.383 e. The lowest BCUT2D eigenvalue weighted by atomic mass is 9.97. The molecule has 2 aromatic heterocycles. The summed E-state index contributed by atoms with van der Waals surface area (Å²) in [6.45, 7) is 3.27. The number of halogens is 1. The highest BCUT2D eigenvalue weighted by molar-refractivity contribution is 6.05. The molecule has 5 N–H and O–H groups in total. The zero-order valence-electron chi connectivity index (χ0n) is 21.1. The van der Waals surface area contributed by atoms with Crippen LogP contribution in [0.5, 0.6) is 0 Å². The monoisotopic (exact) mass is 503 g/mol. The summed E-state index contributed by atoms with van der Waals surface area (Å²) in [4.78, 5) is 32.8. The van der Waals surface area contributed by atoms with Crippen molar-refractivity contribution >= 4 is 28.4 Å². The number of hydrogen-bond donors (Lipinski definition) is 3. The predicted molar refractivity (Wildman–Crippen MR) is 142 cm³/mol. The molecule has 1 aliphatic heterocycles. The summed E-state index contributed by atoms with van der Waals surface area (Å²) in [6.07, 6.45) is 3.30. The molecule has 0 unspecified atom stereocenters. The van der Waals surface area contributed by atoms with Crippen molar-refractivity contribution < 1.29 is 14.0 Å². The first-order chi connectivity index (χ1) is 17.8. The van der Waals surface area contributed by atoms with Gasteiger partial charge in [0.05, 0.1) is 35.0 Å². The number of aromatic nitrogens is 3. The number of nitrogens with two attached hydrogens (primary N) is 2. The molecule has 37 heavy (non-hydrogen) atoms. The Hall–Kier alpha value is -4.02. The van der Waals surface area contributed by atoms with Gasteiger partial charge in [-0.2, -0.15) is 0 Å². The number of imidazole rings is 1. The van der Waals surface area contributed by atoms with Crippen molar-refractivity contribution in [2.24, 2.45) is 5.73 Å². The summed E-state index contributed by atoms with van der Waals surface area (Å²) in [5.41, 5.74) is 17.9. The Morgan fingerprint density at radius 2 is 2.00 bits per heavy atom. The van der Waals surface area contributed by atoms with Gasteiger partial charge < -0.3 is 21.4 Å². The van der Waals surface area contributed by atoms with Gasteiger partial charge in [0.1, 0.15) is 17.5 Å². The molecule has 192 valence electrons. The maximum atomic E-state index is 14.5. The zero-order valence-corrected chi connectivity index (χ0v) is 21.1. The lowest BCUT2D eigenvalue weighted by Crippen LogP contribution is -2.40. The van der Waals surface area contributed by atoms with Gasteiger partial charge in [0, 0.05) is 37.9 Å². The van der Waals surface area contributed by atoms with Crippen molar-refractivity contribution in [1.82, 2.24) is 20.0 Å². The van der Waals surface area contributed by atoms with E-state index in [0.29, 0.717) is 46.6 Å². The second-order valence-electron chi connectivity index (χ2n) is 9.39. The van der Waals surface area contributed by atoms with Gasteiger partial charge in [-0.25, -0.2) is 19.4 Å². The number of nitrogens with zero attached hydrogens (tertiary/aromatic N) is 4. The average Bonchev–Trinajstić information content (AvgIpc) is 3.31. The third-order valence-corrected chi connectivity index (χ3v) is 6.83. The summed E-state index contributed by atoms with van der Waals surface area (Å²) in [6, 6.07) is 10.3. The Morgan fingerprint density at radius 3 is 2.70 bits per heavy atom. The normalized spacial score (nSPS) is 14.4. The molecule has 9 nitrogen and oxygen atoms in total. The van der Waals surface area contributed by atoms with Crippen LogP contribution in [-0.2, 0) is 4.84 Å². The first kappa shape index (κ1) is 24.7. The van der Waals surface area contributed by atoms with E-state index in [0.717, 1.165) is 34.7 Å². The van der Waals surface area contributed by atoms with E-state index in [2.05, 4.69) is 14.9 Å². The maximum absolute atomic E-state index is 14.5. The fourth-order valence-corrected chi connectivity index (χ4v) is 4.88. The topological polar surface area (TPSA) is 126 Å². The van der Waals surface area contributed by atoms with Crippen LogP contribution in [0, 0.1) is 12.7 Å². The molecule has 1 aliphatic rings. The molecule has 0 aliphatic carbocycles. The molecule has 5 rings (SSSR count). The zero-order chi connectivity index (χ0) is 26.3. The first-order valence-electron chi connectivity index (χ1n) is 12.1. The van der Waals surface area contributed by atoms with Crippen LogP contribution in [-0.4, -0.2) is 59.2 Å². The Bertz CT molecular complexity index is 1460. The Labute approximate surface area is 214 Å². The van der Waals surface area contributed by atoms with Gasteiger partial charge in [-0.15, -0.1) is 0 Å². The number of para-hydroxylation sites is 1. The van der Waals surface area contributed by atoms with E-state index in [4.69, 9.17) is 21.3 Å². The largest absolute Gasteiger partial charge is 0.383 e. The van der Waals surface area contributed by atoms with E-state index in [-0.39, 0.29) is 23.6 Å². The van der Waals surface area contributed by atoms with Crippen molar-refractivity contribution in [3.63, 3.8) is 0 Å². The Balaban J connectivity index is 1.74. The fourth-order valence-electron chi connectivity index (χ4n) is 4.88. The van der Waals surface area contributed by atoms with Gasteiger partial charge >= 0.3 is 0 Å². The number of aryl methyl sites for hydroxylation is 1. The number of nitrogens with one attached hydrogen (secondary N) is 1. The number of carbonyl (C=O) groups excluding carboxylic acids is 1. The lowest BCUT2D eigenvalue weighted by Gasteiger charge is -2.34. The molecule has 2 aromatic carbocycles. The van der Waals surface area contributed by atoms with E-state index >= 15 is 0 Å². The second-order valence-corrected chi connectivity index (χ2v) is 9.39. The minimum atomic E-state index is -0.325. The Kier molecular flexibility index (Phi) is 6.53. The van der Waals surface area contributed by atoms with Crippen molar-refractivity contribution in [2.45, 2.75) is 25.8 Å². The van der Waals surface area contributed by atoms with Crippen LogP contribution in [0.3, 0.4) is 0 Å². The minimum absolute atomic E-state index is 0.122. The van der Waals surface area contributed by atoms with E-state index < -0.39 is 0 Å². The highest BCUT2D eigenvalue weighted by Crippen LogP contribution is 2.43. The smallest absolute Gasteiger partial charge is 0.279 e. The number of anilines is 2. The SMILES string of the molecule is CON(C)C(=O)c1cccc2nc(-c3c(N)ncc(-c4cc(C)cc(F)c4)c3N3CCC(N)CC3)[nH]c12. The van der Waals surface area contributed by atoms with Gasteiger partial charge in [-0.05, 0) is 55.2 Å². The number of nitrogen functional groups attached to an aromatic ring is 1. The van der Waals surface area contributed by atoms with Crippen LogP contribution in [0.15, 0.2) is 42.6 Å². The molecule has 0 bridgehead atoms. The molecule has 0 spiro atoms. The van der Waals surface area contributed by atoms with E-state index in [1.54, 1.807) is 25.4 Å². The fraction of sp³-hybridized carbons (Fsp3) is 0.296. The number of hydroxylamine groups is 2. The molecule has 1 fully saturated rings. The number of piperidine rings is 1. The van der Waals surface area contributed by atoms with Gasteiger partial charge in [0.15, 0.2) is 0 Å². The van der Waals surface area contributed by atoms with Crippen LogP contribution >= 0.6 is 0 Å². The molecule has 3 heterocycles.